The summed E-state index contributed by atoms with van der Waals surface area (Å²) in [5.41, 5.74) is -0.128. The fourth-order valence-corrected chi connectivity index (χ4v) is 4.25. The van der Waals surface area contributed by atoms with Crippen LogP contribution in [0.3, 0.4) is 0 Å². The van der Waals surface area contributed by atoms with Crippen molar-refractivity contribution in [2.24, 2.45) is 10.8 Å². The third kappa shape index (κ3) is 2.93. The topological polar surface area (TPSA) is 148 Å². The molecule has 2 heterocycles. The maximum atomic E-state index is 12.3. The molecule has 2 aromatic rings. The fraction of sp³-hybridized carbons (Fsp3) is 0.368. The minimum absolute atomic E-state index is 0.0993. The number of carbonyl (C=O) groups is 3. The number of hydrogen-bond acceptors (Lipinski definition) is 5. The van der Waals surface area contributed by atoms with E-state index in [4.69, 9.17) is 9.90 Å². The number of likely N-dealkylation sites (tertiary alicyclic amines) is 1. The minimum atomic E-state index is -1.20. The number of aromatic amines is 1. The lowest BCUT2D eigenvalue weighted by Crippen LogP contribution is -2.29. The summed E-state index contributed by atoms with van der Waals surface area (Å²) in [5, 5.41) is 26.4. The molecule has 1 aromatic heterocycles. The van der Waals surface area contributed by atoms with Crippen LogP contribution >= 0.6 is 0 Å². The van der Waals surface area contributed by atoms with Gasteiger partial charge >= 0.3 is 11.9 Å². The van der Waals surface area contributed by atoms with E-state index in [1.54, 1.807) is 4.90 Å². The number of aryl methyl sites for hydroxylation is 1. The summed E-state index contributed by atoms with van der Waals surface area (Å²) < 4.78 is 0. The van der Waals surface area contributed by atoms with E-state index in [-0.39, 0.29) is 31.4 Å². The van der Waals surface area contributed by atoms with E-state index in [0.717, 1.165) is 11.1 Å². The zero-order valence-corrected chi connectivity index (χ0v) is 15.1. The first-order valence-electron chi connectivity index (χ1n) is 8.59. The lowest BCUT2D eigenvalue weighted by molar-refractivity contribution is -0.151. The van der Waals surface area contributed by atoms with Gasteiger partial charge in [0.1, 0.15) is 0 Å². The highest BCUT2D eigenvalue weighted by Gasteiger charge is 2.80. The predicted molar refractivity (Wildman–Crippen MR) is 98.0 cm³/mol. The second kappa shape index (κ2) is 6.75. The van der Waals surface area contributed by atoms with E-state index in [9.17, 15) is 24.6 Å². The molecule has 1 saturated carbocycles. The standard InChI is InChI=1S/C18H18N2O5.CH2O2/c1-10-2-3-13-12(4-10)14(21)5-11(19-13)6-20-8-17(15(22)23)7-18(17,9-20)16(24)25;2-1-3/h2-5H,6-9H2,1H3,(H,19,21)(H,22,23)(H,24,25);1H,(H,2,3)/t17-,18+;. The lowest BCUT2D eigenvalue weighted by Gasteiger charge is -2.19. The number of pyridine rings is 1. The molecule has 1 saturated heterocycles. The number of carboxylic acids is 2. The van der Waals surface area contributed by atoms with Crippen molar-refractivity contribution in [3.05, 3.63) is 45.7 Å². The molecule has 0 bridgehead atoms. The first kappa shape index (κ1) is 19.6. The van der Waals surface area contributed by atoms with Gasteiger partial charge in [0.15, 0.2) is 5.43 Å². The highest BCUT2D eigenvalue weighted by Crippen LogP contribution is 2.68. The van der Waals surface area contributed by atoms with Crippen LogP contribution in [-0.2, 0) is 20.9 Å². The highest BCUT2D eigenvalue weighted by molar-refractivity contribution is 5.94. The van der Waals surface area contributed by atoms with Gasteiger partial charge in [-0.15, -0.1) is 0 Å². The maximum Gasteiger partial charge on any atom is 0.312 e. The number of H-pyrrole nitrogens is 1. The van der Waals surface area contributed by atoms with Crippen LogP contribution in [0.5, 0.6) is 0 Å². The van der Waals surface area contributed by atoms with Crippen LogP contribution in [0.25, 0.3) is 10.9 Å². The summed E-state index contributed by atoms with van der Waals surface area (Å²) in [6.45, 7) is 2.36. The Hall–Kier alpha value is -3.20. The molecule has 9 heteroatoms. The Morgan fingerprint density at radius 2 is 1.75 bits per heavy atom. The molecule has 0 unspecified atom stereocenters. The zero-order chi connectivity index (χ0) is 20.7. The SMILES string of the molecule is Cc1ccc2[nH]c(CN3C[C@@]4(C(=O)O)C[C@@]4(C(=O)O)C3)cc(=O)c2c1.O=CO. The average Bonchev–Trinajstić information content (AvgIpc) is 3.16. The molecule has 2 aliphatic rings. The van der Waals surface area contributed by atoms with Crippen LogP contribution in [-0.4, -0.2) is 56.7 Å². The molecular weight excluding hydrogens is 368 g/mol. The summed E-state index contributed by atoms with van der Waals surface area (Å²) in [6.07, 6.45) is 0.175. The smallest absolute Gasteiger partial charge is 0.312 e. The Kier molecular flexibility index (Phi) is 4.72. The number of fused-ring (bicyclic) bond motifs is 2. The Bertz CT molecular complexity index is 1000. The molecule has 0 radical (unpaired) electrons. The summed E-state index contributed by atoms with van der Waals surface area (Å²) in [4.78, 5) is 48.8. The molecule has 4 N–H and O–H groups in total. The number of aromatic nitrogens is 1. The Balaban J connectivity index is 0.000000706. The van der Waals surface area contributed by atoms with Crippen LogP contribution in [0.1, 0.15) is 17.7 Å². The van der Waals surface area contributed by atoms with Gasteiger partial charge in [0.2, 0.25) is 0 Å². The van der Waals surface area contributed by atoms with Crippen LogP contribution in [0, 0.1) is 17.8 Å². The maximum absolute atomic E-state index is 12.3. The fourth-order valence-electron chi connectivity index (χ4n) is 4.25. The summed E-state index contributed by atoms with van der Waals surface area (Å²) in [7, 11) is 0. The van der Waals surface area contributed by atoms with E-state index < -0.39 is 22.8 Å². The number of carboxylic acid groups (broad SMARTS) is 3. The molecule has 1 aliphatic carbocycles. The van der Waals surface area contributed by atoms with Crippen molar-refractivity contribution in [1.29, 1.82) is 0 Å². The van der Waals surface area contributed by atoms with Crippen LogP contribution in [0.15, 0.2) is 29.1 Å². The number of piperidine rings is 1. The van der Waals surface area contributed by atoms with Gasteiger partial charge in [-0.25, -0.2) is 0 Å². The van der Waals surface area contributed by atoms with Crippen molar-refractivity contribution in [2.75, 3.05) is 13.1 Å². The van der Waals surface area contributed by atoms with Crippen molar-refractivity contribution in [3.63, 3.8) is 0 Å². The molecule has 28 heavy (non-hydrogen) atoms. The van der Waals surface area contributed by atoms with Gasteiger partial charge in [-0.1, -0.05) is 11.6 Å². The van der Waals surface area contributed by atoms with Crippen molar-refractivity contribution in [3.8, 4) is 0 Å². The Morgan fingerprint density at radius 3 is 2.29 bits per heavy atom. The molecule has 0 amide bonds. The van der Waals surface area contributed by atoms with E-state index in [1.807, 2.05) is 25.1 Å². The quantitative estimate of drug-likeness (QED) is 0.565. The highest BCUT2D eigenvalue weighted by atomic mass is 16.4. The minimum Gasteiger partial charge on any atom is -0.483 e. The first-order valence-corrected chi connectivity index (χ1v) is 8.59. The van der Waals surface area contributed by atoms with E-state index in [0.29, 0.717) is 17.6 Å². The molecule has 4 rings (SSSR count). The second-order valence-corrected chi connectivity index (χ2v) is 7.41. The van der Waals surface area contributed by atoms with Crippen molar-refractivity contribution < 1.29 is 29.7 Å². The van der Waals surface area contributed by atoms with E-state index >= 15 is 0 Å². The summed E-state index contributed by atoms with van der Waals surface area (Å²) >= 11 is 0. The van der Waals surface area contributed by atoms with Crippen molar-refractivity contribution >= 4 is 29.3 Å². The summed E-state index contributed by atoms with van der Waals surface area (Å²) in [6, 6.07) is 7.08. The number of benzene rings is 1. The van der Waals surface area contributed by atoms with Crippen molar-refractivity contribution in [2.45, 2.75) is 19.9 Å². The van der Waals surface area contributed by atoms with E-state index in [2.05, 4.69) is 4.98 Å². The van der Waals surface area contributed by atoms with E-state index in [1.165, 1.54) is 6.07 Å². The first-order chi connectivity index (χ1) is 13.2. The molecular formula is C19H20N2O7. The molecule has 2 atom stereocenters. The molecule has 1 aliphatic heterocycles. The zero-order valence-electron chi connectivity index (χ0n) is 15.1. The number of rotatable bonds is 4. The number of nitrogens with zero attached hydrogens (tertiary/aromatic N) is 1. The van der Waals surface area contributed by atoms with Gasteiger partial charge in [-0.3, -0.25) is 24.1 Å². The van der Waals surface area contributed by atoms with Gasteiger partial charge in [0.05, 0.1) is 10.8 Å². The average molecular weight is 388 g/mol. The van der Waals surface area contributed by atoms with Crippen LogP contribution in [0.2, 0.25) is 0 Å². The summed E-state index contributed by atoms with van der Waals surface area (Å²) in [5.74, 6) is -2.11. The molecule has 2 fully saturated rings. The number of aliphatic carboxylic acids is 2. The normalized spacial score (nSPS) is 25.5. The predicted octanol–water partition coefficient (Wildman–Crippen LogP) is 0.899. The third-order valence-corrected chi connectivity index (χ3v) is 5.64. The van der Waals surface area contributed by atoms with Gasteiger partial charge in [0.25, 0.3) is 6.47 Å². The van der Waals surface area contributed by atoms with Gasteiger partial charge < -0.3 is 20.3 Å². The number of hydrogen-bond donors (Lipinski definition) is 4. The molecule has 1 aromatic carbocycles. The third-order valence-electron chi connectivity index (χ3n) is 5.64. The lowest BCUT2D eigenvalue weighted by atomic mass is 9.97. The van der Waals surface area contributed by atoms with Gasteiger partial charge in [-0.2, -0.15) is 0 Å². The second-order valence-electron chi connectivity index (χ2n) is 7.41. The van der Waals surface area contributed by atoms with Crippen LogP contribution < -0.4 is 5.43 Å². The van der Waals surface area contributed by atoms with Gasteiger partial charge in [0, 0.05) is 42.3 Å². The van der Waals surface area contributed by atoms with Gasteiger partial charge in [-0.05, 0) is 25.5 Å². The van der Waals surface area contributed by atoms with Crippen molar-refractivity contribution in [1.82, 2.24) is 9.88 Å². The Morgan fingerprint density at radius 1 is 1.18 bits per heavy atom. The molecule has 9 nitrogen and oxygen atoms in total. The number of nitrogens with one attached hydrogen (secondary N) is 1. The largest absolute Gasteiger partial charge is 0.483 e. The molecule has 148 valence electrons. The Labute approximate surface area is 159 Å². The van der Waals surface area contributed by atoms with Crippen LogP contribution in [0.4, 0.5) is 0 Å². The monoisotopic (exact) mass is 388 g/mol. The molecule has 0 spiro atoms.